The van der Waals surface area contributed by atoms with Gasteiger partial charge < -0.3 is 9.67 Å². The number of imidazole rings is 1. The lowest BCUT2D eigenvalue weighted by Gasteiger charge is -2.09. The number of fused-ring (bicyclic) bond motifs is 1. The van der Waals surface area contributed by atoms with Gasteiger partial charge in [0.25, 0.3) is 5.56 Å². The molecule has 0 radical (unpaired) electrons. The van der Waals surface area contributed by atoms with E-state index >= 15 is 0 Å². The van der Waals surface area contributed by atoms with E-state index in [1.807, 2.05) is 0 Å². The van der Waals surface area contributed by atoms with Crippen LogP contribution in [0.3, 0.4) is 0 Å². The molecular weight excluding hydrogens is 344 g/mol. The van der Waals surface area contributed by atoms with Crippen molar-refractivity contribution in [3.63, 3.8) is 0 Å². The Kier molecular flexibility index (Phi) is 6.46. The molecule has 0 amide bonds. The third kappa shape index (κ3) is 4.15. The molecular formula is C16H24N4O4S. The summed E-state index contributed by atoms with van der Waals surface area (Å²) in [6.45, 7) is 2.73. The lowest BCUT2D eigenvalue weighted by Crippen LogP contribution is -2.37. The molecule has 0 saturated heterocycles. The number of unbranched alkanes of at least 4 members (excludes halogenated alkanes) is 4. The first-order valence-corrected chi connectivity index (χ1v) is 9.37. The minimum absolute atomic E-state index is 0.145. The molecule has 8 nitrogen and oxygen atoms in total. The van der Waals surface area contributed by atoms with Crippen LogP contribution in [0, 0.1) is 0 Å². The number of aromatic nitrogens is 4. The average Bonchev–Trinajstić information content (AvgIpc) is 2.94. The molecule has 2 aromatic heterocycles. The zero-order valence-electron chi connectivity index (χ0n) is 14.8. The van der Waals surface area contributed by atoms with Gasteiger partial charge in [0.1, 0.15) is 0 Å². The molecule has 138 valence electrons. The standard InChI is InChI=1S/C16H24N4O4S/c1-4-5-6-7-8-9-20-12-13(17-15(20)25-10-11(21)22)18(2)16(24)19(3)14(12)23/h4-10H2,1-3H3,(H,21,22). The molecule has 0 aliphatic carbocycles. The quantitative estimate of drug-likeness (QED) is 0.533. The summed E-state index contributed by atoms with van der Waals surface area (Å²) in [7, 11) is 3.00. The average molecular weight is 368 g/mol. The van der Waals surface area contributed by atoms with Gasteiger partial charge in [-0.3, -0.25) is 18.7 Å². The van der Waals surface area contributed by atoms with Crippen LogP contribution in [0.1, 0.15) is 39.0 Å². The van der Waals surface area contributed by atoms with Crippen LogP contribution in [0.25, 0.3) is 11.2 Å². The fraction of sp³-hybridized carbons (Fsp3) is 0.625. The van der Waals surface area contributed by atoms with E-state index in [9.17, 15) is 14.4 Å². The summed E-state index contributed by atoms with van der Waals surface area (Å²) in [6.07, 6.45) is 5.34. The van der Waals surface area contributed by atoms with E-state index in [2.05, 4.69) is 11.9 Å². The van der Waals surface area contributed by atoms with Gasteiger partial charge in [0.05, 0.1) is 5.75 Å². The van der Waals surface area contributed by atoms with Crippen LogP contribution in [0.5, 0.6) is 0 Å². The smallest absolute Gasteiger partial charge is 0.332 e. The SMILES string of the molecule is CCCCCCCn1c(SCC(=O)O)nc2c1c(=O)n(C)c(=O)n2C. The number of nitrogens with zero attached hydrogens (tertiary/aromatic N) is 4. The number of thioether (sulfide) groups is 1. The summed E-state index contributed by atoms with van der Waals surface area (Å²) in [5.41, 5.74) is -0.191. The highest BCUT2D eigenvalue weighted by Gasteiger charge is 2.19. The third-order valence-corrected chi connectivity index (χ3v) is 5.08. The summed E-state index contributed by atoms with van der Waals surface area (Å²) in [6, 6.07) is 0. The van der Waals surface area contributed by atoms with Crippen LogP contribution in [-0.2, 0) is 25.4 Å². The molecule has 0 aliphatic rings. The second-order valence-corrected chi connectivity index (χ2v) is 6.96. The molecule has 0 fully saturated rings. The fourth-order valence-electron chi connectivity index (χ4n) is 2.74. The largest absolute Gasteiger partial charge is 0.481 e. The van der Waals surface area contributed by atoms with E-state index in [0.29, 0.717) is 22.9 Å². The van der Waals surface area contributed by atoms with Crippen LogP contribution in [-0.4, -0.2) is 35.5 Å². The number of rotatable bonds is 9. The first kappa shape index (κ1) is 19.3. The number of carboxylic acid groups (broad SMARTS) is 1. The Labute approximate surface area is 149 Å². The molecule has 0 spiro atoms. The predicted molar refractivity (Wildman–Crippen MR) is 97.3 cm³/mol. The number of aryl methyl sites for hydroxylation is 2. The van der Waals surface area contributed by atoms with Crippen LogP contribution < -0.4 is 11.2 Å². The van der Waals surface area contributed by atoms with Gasteiger partial charge in [0.2, 0.25) is 0 Å². The normalized spacial score (nSPS) is 11.3. The third-order valence-electron chi connectivity index (χ3n) is 4.12. The van der Waals surface area contributed by atoms with E-state index < -0.39 is 17.2 Å². The minimum atomic E-state index is -0.951. The van der Waals surface area contributed by atoms with E-state index in [1.54, 1.807) is 11.6 Å². The Bertz CT molecular complexity index is 881. The Morgan fingerprint density at radius 1 is 1.12 bits per heavy atom. The highest BCUT2D eigenvalue weighted by molar-refractivity contribution is 7.99. The topological polar surface area (TPSA) is 99.1 Å². The second-order valence-electron chi connectivity index (χ2n) is 6.02. The molecule has 0 aromatic carbocycles. The molecule has 2 rings (SSSR count). The van der Waals surface area contributed by atoms with Gasteiger partial charge in [-0.15, -0.1) is 0 Å². The molecule has 0 unspecified atom stereocenters. The van der Waals surface area contributed by atoms with Crippen molar-refractivity contribution in [2.75, 3.05) is 5.75 Å². The molecule has 0 bridgehead atoms. The molecule has 2 heterocycles. The van der Waals surface area contributed by atoms with Gasteiger partial charge in [-0.1, -0.05) is 44.4 Å². The van der Waals surface area contributed by atoms with E-state index in [1.165, 1.54) is 18.0 Å². The van der Waals surface area contributed by atoms with Gasteiger partial charge in [0.15, 0.2) is 16.3 Å². The van der Waals surface area contributed by atoms with E-state index in [0.717, 1.165) is 42.0 Å². The van der Waals surface area contributed by atoms with Crippen molar-refractivity contribution in [1.82, 2.24) is 18.7 Å². The first-order chi connectivity index (χ1) is 11.9. The van der Waals surface area contributed by atoms with Crippen molar-refractivity contribution < 1.29 is 9.90 Å². The van der Waals surface area contributed by atoms with E-state index in [-0.39, 0.29) is 5.75 Å². The van der Waals surface area contributed by atoms with Crippen LogP contribution in [0.2, 0.25) is 0 Å². The highest BCUT2D eigenvalue weighted by atomic mass is 32.2. The zero-order chi connectivity index (χ0) is 18.6. The Hall–Kier alpha value is -2.03. The molecule has 1 N–H and O–H groups in total. The van der Waals surface area contributed by atoms with Crippen LogP contribution >= 0.6 is 11.8 Å². The van der Waals surface area contributed by atoms with Crippen molar-refractivity contribution in [1.29, 1.82) is 0 Å². The summed E-state index contributed by atoms with van der Waals surface area (Å²) >= 11 is 1.07. The van der Waals surface area contributed by atoms with Gasteiger partial charge in [-0.05, 0) is 6.42 Å². The number of carbonyl (C=O) groups is 1. The first-order valence-electron chi connectivity index (χ1n) is 8.39. The maximum absolute atomic E-state index is 12.6. The fourth-order valence-corrected chi connectivity index (χ4v) is 3.49. The lowest BCUT2D eigenvalue weighted by atomic mass is 10.1. The molecule has 0 aliphatic heterocycles. The Morgan fingerprint density at radius 2 is 1.80 bits per heavy atom. The Balaban J connectivity index is 2.46. The summed E-state index contributed by atoms with van der Waals surface area (Å²) in [5.74, 6) is -1.10. The van der Waals surface area contributed by atoms with Gasteiger partial charge in [-0.2, -0.15) is 0 Å². The predicted octanol–water partition coefficient (Wildman–Crippen LogP) is 1.58. The van der Waals surface area contributed by atoms with Crippen molar-refractivity contribution in [2.24, 2.45) is 14.1 Å². The van der Waals surface area contributed by atoms with E-state index in [4.69, 9.17) is 5.11 Å². The maximum Gasteiger partial charge on any atom is 0.332 e. The molecule has 25 heavy (non-hydrogen) atoms. The number of hydrogen-bond acceptors (Lipinski definition) is 5. The van der Waals surface area contributed by atoms with Crippen molar-refractivity contribution in [2.45, 2.75) is 50.7 Å². The minimum Gasteiger partial charge on any atom is -0.481 e. The molecule has 2 aromatic rings. The van der Waals surface area contributed by atoms with Crippen molar-refractivity contribution >= 4 is 28.9 Å². The van der Waals surface area contributed by atoms with Crippen LogP contribution in [0.15, 0.2) is 14.7 Å². The maximum atomic E-state index is 12.6. The summed E-state index contributed by atoms with van der Waals surface area (Å²) < 4.78 is 4.15. The monoisotopic (exact) mass is 368 g/mol. The lowest BCUT2D eigenvalue weighted by molar-refractivity contribution is -0.133. The van der Waals surface area contributed by atoms with Gasteiger partial charge in [-0.25, -0.2) is 9.78 Å². The molecule has 0 atom stereocenters. The Morgan fingerprint density at radius 3 is 2.44 bits per heavy atom. The number of carboxylic acids is 1. The van der Waals surface area contributed by atoms with Crippen LogP contribution in [0.4, 0.5) is 0 Å². The van der Waals surface area contributed by atoms with Crippen molar-refractivity contribution in [3.05, 3.63) is 20.8 Å². The van der Waals surface area contributed by atoms with Crippen molar-refractivity contribution in [3.8, 4) is 0 Å². The summed E-state index contributed by atoms with van der Waals surface area (Å²) in [4.78, 5) is 39.9. The summed E-state index contributed by atoms with van der Waals surface area (Å²) in [5, 5.41) is 9.40. The number of hydrogen-bond donors (Lipinski definition) is 1. The van der Waals surface area contributed by atoms with Gasteiger partial charge >= 0.3 is 11.7 Å². The molecule has 0 saturated carbocycles. The second kappa shape index (κ2) is 8.37. The highest BCUT2D eigenvalue weighted by Crippen LogP contribution is 2.22. The molecule has 9 heteroatoms. The van der Waals surface area contributed by atoms with Gasteiger partial charge in [0, 0.05) is 20.6 Å². The zero-order valence-corrected chi connectivity index (χ0v) is 15.6. The number of aliphatic carboxylic acids is 1.